The molecule has 2 N–H and O–H groups in total. The molecule has 0 radical (unpaired) electrons. The quantitative estimate of drug-likeness (QED) is 0.747. The van der Waals surface area contributed by atoms with Crippen LogP contribution in [0.4, 0.5) is 0 Å². The van der Waals surface area contributed by atoms with Gasteiger partial charge in [-0.15, -0.1) is 23.5 Å². The lowest BCUT2D eigenvalue weighted by atomic mass is 10.1. The van der Waals surface area contributed by atoms with Crippen LogP contribution in [0.25, 0.3) is 0 Å². The van der Waals surface area contributed by atoms with Crippen LogP contribution in [0, 0.1) is 0 Å². The maximum absolute atomic E-state index is 11.9. The zero-order chi connectivity index (χ0) is 16.7. The number of ether oxygens (including phenoxy) is 1. The minimum absolute atomic E-state index is 0.141. The second-order valence-electron chi connectivity index (χ2n) is 4.72. The van der Waals surface area contributed by atoms with Gasteiger partial charge in [-0.05, 0) is 17.7 Å². The molecule has 1 aromatic carbocycles. The van der Waals surface area contributed by atoms with Gasteiger partial charge in [0.25, 0.3) is 5.91 Å². The van der Waals surface area contributed by atoms with Crippen molar-refractivity contribution < 1.29 is 19.1 Å². The predicted molar refractivity (Wildman–Crippen MR) is 91.5 cm³/mol. The maximum Gasteiger partial charge on any atom is 0.338 e. The molecule has 0 saturated carbocycles. The van der Waals surface area contributed by atoms with Crippen molar-refractivity contribution in [1.29, 1.82) is 0 Å². The number of carbonyl (C=O) groups is 3. The van der Waals surface area contributed by atoms with Gasteiger partial charge in [-0.3, -0.25) is 9.59 Å². The molecule has 1 fully saturated rings. The van der Waals surface area contributed by atoms with Crippen LogP contribution in [0.5, 0.6) is 0 Å². The second kappa shape index (κ2) is 8.83. The van der Waals surface area contributed by atoms with Crippen molar-refractivity contribution in [2.75, 3.05) is 31.7 Å². The lowest BCUT2D eigenvalue weighted by Gasteiger charge is -2.09. The first-order valence-corrected chi connectivity index (χ1v) is 9.17. The Balaban J connectivity index is 1.79. The fourth-order valence-corrected chi connectivity index (χ4v) is 4.72. The Hall–Kier alpha value is -1.67. The molecule has 0 atom stereocenters. The number of benzene rings is 1. The van der Waals surface area contributed by atoms with Crippen molar-refractivity contribution in [2.45, 2.75) is 4.58 Å². The number of likely N-dealkylation sites (N-methyl/N-ethyl adjacent to an activating group) is 1. The van der Waals surface area contributed by atoms with Crippen molar-refractivity contribution in [3.8, 4) is 0 Å². The molecule has 0 bridgehead atoms. The summed E-state index contributed by atoms with van der Waals surface area (Å²) in [4.78, 5) is 34.3. The first-order chi connectivity index (χ1) is 11.1. The van der Waals surface area contributed by atoms with Crippen molar-refractivity contribution in [3.05, 3.63) is 35.4 Å². The van der Waals surface area contributed by atoms with Crippen LogP contribution < -0.4 is 10.6 Å². The molecule has 8 heteroatoms. The first-order valence-electron chi connectivity index (χ1n) is 7.07. The van der Waals surface area contributed by atoms with Gasteiger partial charge in [0, 0.05) is 18.6 Å². The molecule has 0 aromatic heterocycles. The van der Waals surface area contributed by atoms with Crippen LogP contribution in [-0.2, 0) is 14.3 Å². The Morgan fingerprint density at radius 2 is 1.78 bits per heavy atom. The van der Waals surface area contributed by atoms with E-state index in [9.17, 15) is 14.4 Å². The van der Waals surface area contributed by atoms with Crippen LogP contribution >= 0.6 is 23.5 Å². The van der Waals surface area contributed by atoms with Gasteiger partial charge in [0.15, 0.2) is 6.61 Å². The highest BCUT2D eigenvalue weighted by atomic mass is 32.2. The first kappa shape index (κ1) is 17.7. The summed E-state index contributed by atoms with van der Waals surface area (Å²) in [6.45, 7) is -0.551. The molecular weight excluding hydrogens is 336 g/mol. The van der Waals surface area contributed by atoms with Crippen molar-refractivity contribution in [1.82, 2.24) is 10.6 Å². The van der Waals surface area contributed by atoms with E-state index in [0.717, 1.165) is 11.5 Å². The van der Waals surface area contributed by atoms with Gasteiger partial charge < -0.3 is 15.4 Å². The summed E-state index contributed by atoms with van der Waals surface area (Å²) in [7, 11) is 1.47. The Kier molecular flexibility index (Phi) is 6.79. The zero-order valence-electron chi connectivity index (χ0n) is 12.7. The number of carbonyl (C=O) groups excluding carboxylic acids is 3. The van der Waals surface area contributed by atoms with Crippen LogP contribution in [0.1, 0.15) is 20.5 Å². The van der Waals surface area contributed by atoms with E-state index in [1.165, 1.54) is 12.6 Å². The Bertz CT molecular complexity index is 571. The minimum atomic E-state index is -0.557. The van der Waals surface area contributed by atoms with Gasteiger partial charge >= 0.3 is 5.97 Å². The van der Waals surface area contributed by atoms with Crippen molar-refractivity contribution in [2.24, 2.45) is 0 Å². The summed E-state index contributed by atoms with van der Waals surface area (Å²) < 4.78 is 5.35. The number of hydrogen-bond acceptors (Lipinski definition) is 6. The third-order valence-corrected chi connectivity index (χ3v) is 6.20. The fraction of sp³-hybridized carbons (Fsp3) is 0.400. The second-order valence-corrected chi connectivity index (χ2v) is 7.45. The van der Waals surface area contributed by atoms with Gasteiger partial charge in [0.05, 0.1) is 16.7 Å². The summed E-state index contributed by atoms with van der Waals surface area (Å²) in [6.07, 6.45) is 0. The maximum atomic E-state index is 11.9. The highest BCUT2D eigenvalue weighted by Crippen LogP contribution is 2.45. The topological polar surface area (TPSA) is 84.5 Å². The van der Waals surface area contributed by atoms with E-state index in [1.54, 1.807) is 12.1 Å². The van der Waals surface area contributed by atoms with Gasteiger partial charge in [0.1, 0.15) is 0 Å². The number of esters is 1. The van der Waals surface area contributed by atoms with E-state index in [1.807, 2.05) is 35.7 Å². The number of rotatable bonds is 6. The lowest BCUT2D eigenvalue weighted by molar-refractivity contribution is -0.127. The lowest BCUT2D eigenvalue weighted by Crippen LogP contribution is -2.37. The van der Waals surface area contributed by atoms with E-state index in [-0.39, 0.29) is 12.5 Å². The average molecular weight is 354 g/mol. The smallest absolute Gasteiger partial charge is 0.338 e. The number of thioether (sulfide) groups is 2. The molecule has 124 valence electrons. The largest absolute Gasteiger partial charge is 0.452 e. The van der Waals surface area contributed by atoms with Crippen LogP contribution in [0.2, 0.25) is 0 Å². The molecule has 1 aromatic rings. The van der Waals surface area contributed by atoms with Crippen LogP contribution in [-0.4, -0.2) is 49.5 Å². The molecule has 1 aliphatic heterocycles. The highest BCUT2D eigenvalue weighted by molar-refractivity contribution is 8.19. The van der Waals surface area contributed by atoms with Gasteiger partial charge in [-0.2, -0.15) is 0 Å². The molecule has 2 rings (SSSR count). The monoisotopic (exact) mass is 354 g/mol. The predicted octanol–water partition coefficient (Wildman–Crippen LogP) is 1.18. The molecule has 0 aliphatic carbocycles. The standard InChI is InChI=1S/C15H18N2O4S2/c1-16-12(18)8-17-13(19)9-21-14(20)10-2-4-11(5-3-10)15-22-6-7-23-15/h2-5,15H,6-9H2,1H3,(H,16,18)(H,17,19). The summed E-state index contributed by atoms with van der Waals surface area (Å²) >= 11 is 3.79. The molecule has 6 nitrogen and oxygen atoms in total. The zero-order valence-corrected chi connectivity index (χ0v) is 14.3. The molecule has 1 saturated heterocycles. The Labute approximate surface area is 143 Å². The average Bonchev–Trinajstić information content (AvgIpc) is 3.12. The van der Waals surface area contributed by atoms with Crippen LogP contribution in [0.15, 0.2) is 24.3 Å². The van der Waals surface area contributed by atoms with Gasteiger partial charge in [-0.1, -0.05) is 12.1 Å². The van der Waals surface area contributed by atoms with E-state index in [2.05, 4.69) is 10.6 Å². The Morgan fingerprint density at radius 3 is 2.39 bits per heavy atom. The third kappa shape index (κ3) is 5.47. The highest BCUT2D eigenvalue weighted by Gasteiger charge is 2.18. The van der Waals surface area contributed by atoms with E-state index in [4.69, 9.17) is 4.74 Å². The van der Waals surface area contributed by atoms with Crippen molar-refractivity contribution >= 4 is 41.3 Å². The summed E-state index contributed by atoms with van der Waals surface area (Å²) in [6, 6.07) is 7.25. The van der Waals surface area contributed by atoms with Gasteiger partial charge in [-0.25, -0.2) is 4.79 Å². The Morgan fingerprint density at radius 1 is 1.13 bits per heavy atom. The van der Waals surface area contributed by atoms with E-state index in [0.29, 0.717) is 10.1 Å². The van der Waals surface area contributed by atoms with E-state index < -0.39 is 18.5 Å². The molecule has 0 unspecified atom stereocenters. The van der Waals surface area contributed by atoms with Crippen molar-refractivity contribution in [3.63, 3.8) is 0 Å². The van der Waals surface area contributed by atoms with E-state index >= 15 is 0 Å². The SMILES string of the molecule is CNC(=O)CNC(=O)COC(=O)c1ccc(C2SCCS2)cc1. The molecular formula is C15H18N2O4S2. The summed E-state index contributed by atoms with van der Waals surface area (Å²) in [5, 5.41) is 4.73. The fourth-order valence-electron chi connectivity index (χ4n) is 1.86. The third-order valence-electron chi connectivity index (χ3n) is 3.10. The number of amides is 2. The number of hydrogen-bond donors (Lipinski definition) is 2. The molecule has 1 heterocycles. The molecule has 0 spiro atoms. The normalized spacial score (nSPS) is 14.3. The number of nitrogens with one attached hydrogen (secondary N) is 2. The molecule has 2 amide bonds. The molecule has 1 aliphatic rings. The van der Waals surface area contributed by atoms with Crippen LogP contribution in [0.3, 0.4) is 0 Å². The van der Waals surface area contributed by atoms with Gasteiger partial charge in [0.2, 0.25) is 5.91 Å². The summed E-state index contributed by atoms with van der Waals surface area (Å²) in [5.74, 6) is 0.896. The molecule has 23 heavy (non-hydrogen) atoms. The summed E-state index contributed by atoms with van der Waals surface area (Å²) in [5.41, 5.74) is 1.58. The minimum Gasteiger partial charge on any atom is -0.452 e.